The quantitative estimate of drug-likeness (QED) is 0.762. The highest BCUT2D eigenvalue weighted by atomic mass is 79.9. The average Bonchev–Trinajstić information content (AvgIpc) is 3.30. The zero-order valence-corrected chi connectivity index (χ0v) is 14.2. The highest BCUT2D eigenvalue weighted by molar-refractivity contribution is 9.10. The van der Waals surface area contributed by atoms with Crippen molar-refractivity contribution < 1.29 is 9.18 Å². The molecule has 1 fully saturated rings. The first-order valence-corrected chi connectivity index (χ1v) is 8.77. The number of carbonyl (C=O) groups is 1. The van der Waals surface area contributed by atoms with Crippen LogP contribution in [0.3, 0.4) is 0 Å². The summed E-state index contributed by atoms with van der Waals surface area (Å²) in [6, 6.07) is 14.3. The van der Waals surface area contributed by atoms with Crippen LogP contribution >= 0.6 is 27.7 Å². The Morgan fingerprint density at radius 2 is 1.95 bits per heavy atom. The molecule has 1 N–H and O–H groups in total. The largest absolute Gasteiger partial charge is 0.352 e. The van der Waals surface area contributed by atoms with E-state index in [0.29, 0.717) is 6.04 Å². The van der Waals surface area contributed by atoms with Gasteiger partial charge in [0.2, 0.25) is 5.91 Å². The molecule has 1 amide bonds. The highest BCUT2D eigenvalue weighted by Crippen LogP contribution is 2.37. The van der Waals surface area contributed by atoms with Crippen molar-refractivity contribution >= 4 is 33.6 Å². The summed E-state index contributed by atoms with van der Waals surface area (Å²) in [5.74, 6) is -0.309. The van der Waals surface area contributed by atoms with Crippen LogP contribution in [-0.4, -0.2) is 11.9 Å². The summed E-state index contributed by atoms with van der Waals surface area (Å²) in [5.41, 5.74) is 0.810. The monoisotopic (exact) mass is 379 g/mol. The molecule has 114 valence electrons. The molecular formula is C17H15BrFNOS. The number of thioether (sulfide) groups is 1. The van der Waals surface area contributed by atoms with E-state index in [2.05, 4.69) is 21.2 Å². The van der Waals surface area contributed by atoms with Crippen LogP contribution in [0.15, 0.2) is 57.9 Å². The Kier molecular flexibility index (Phi) is 4.84. The van der Waals surface area contributed by atoms with Crippen molar-refractivity contribution in [2.75, 3.05) is 0 Å². The summed E-state index contributed by atoms with van der Waals surface area (Å²) in [6.07, 6.45) is 2.09. The van der Waals surface area contributed by atoms with E-state index in [1.807, 2.05) is 24.3 Å². The van der Waals surface area contributed by atoms with Crippen molar-refractivity contribution in [2.45, 2.75) is 29.0 Å². The summed E-state index contributed by atoms with van der Waals surface area (Å²) in [5, 5.41) is 2.66. The molecule has 1 saturated carbocycles. The molecule has 2 aromatic rings. The number of benzene rings is 2. The van der Waals surface area contributed by atoms with Crippen LogP contribution in [0.1, 0.15) is 23.7 Å². The molecule has 1 aliphatic rings. The molecule has 1 aliphatic carbocycles. The molecule has 0 radical (unpaired) electrons. The molecule has 1 unspecified atom stereocenters. The van der Waals surface area contributed by atoms with E-state index in [0.717, 1.165) is 27.8 Å². The zero-order chi connectivity index (χ0) is 15.5. The first-order valence-electron chi connectivity index (χ1n) is 7.10. The number of halogens is 2. The number of amides is 1. The molecule has 1 atom stereocenters. The number of hydrogen-bond acceptors (Lipinski definition) is 2. The van der Waals surface area contributed by atoms with Gasteiger partial charge in [0.25, 0.3) is 0 Å². The molecule has 0 heterocycles. The lowest BCUT2D eigenvalue weighted by molar-refractivity contribution is -0.120. The van der Waals surface area contributed by atoms with Crippen molar-refractivity contribution in [2.24, 2.45) is 0 Å². The van der Waals surface area contributed by atoms with Crippen LogP contribution < -0.4 is 5.32 Å². The van der Waals surface area contributed by atoms with Crippen LogP contribution in [0.4, 0.5) is 4.39 Å². The lowest BCUT2D eigenvalue weighted by atomic mass is 10.1. The first-order chi connectivity index (χ1) is 10.6. The number of nitrogens with one attached hydrogen (secondary N) is 1. The van der Waals surface area contributed by atoms with Gasteiger partial charge in [0.15, 0.2) is 0 Å². The molecule has 2 aromatic carbocycles. The van der Waals surface area contributed by atoms with Crippen molar-refractivity contribution in [3.63, 3.8) is 0 Å². The molecular weight excluding hydrogens is 365 g/mol. The number of rotatable bonds is 5. The molecule has 3 rings (SSSR count). The third-order valence-electron chi connectivity index (χ3n) is 3.38. The minimum absolute atomic E-state index is 0.0147. The lowest BCUT2D eigenvalue weighted by Gasteiger charge is -2.17. The zero-order valence-electron chi connectivity index (χ0n) is 11.8. The minimum Gasteiger partial charge on any atom is -0.352 e. The van der Waals surface area contributed by atoms with Gasteiger partial charge in [-0.2, -0.15) is 0 Å². The fraction of sp³-hybridized carbons (Fsp3) is 0.235. The summed E-state index contributed by atoms with van der Waals surface area (Å²) in [4.78, 5) is 13.5. The molecule has 5 heteroatoms. The maximum Gasteiger partial charge on any atom is 0.238 e. The van der Waals surface area contributed by atoms with Gasteiger partial charge in [-0.1, -0.05) is 34.1 Å². The lowest BCUT2D eigenvalue weighted by Crippen LogP contribution is -2.29. The van der Waals surface area contributed by atoms with E-state index < -0.39 is 0 Å². The Labute approximate surface area is 141 Å². The minimum atomic E-state index is -0.379. The van der Waals surface area contributed by atoms with Crippen molar-refractivity contribution in [1.29, 1.82) is 0 Å². The molecule has 0 aliphatic heterocycles. The Morgan fingerprint density at radius 1 is 1.23 bits per heavy atom. The van der Waals surface area contributed by atoms with E-state index in [1.165, 1.54) is 23.9 Å². The second kappa shape index (κ2) is 6.84. The van der Waals surface area contributed by atoms with Gasteiger partial charge in [0.05, 0.1) is 0 Å². The Morgan fingerprint density at radius 3 is 2.59 bits per heavy atom. The van der Waals surface area contributed by atoms with Gasteiger partial charge in [0, 0.05) is 15.4 Å². The molecule has 0 bridgehead atoms. The summed E-state index contributed by atoms with van der Waals surface area (Å²) >= 11 is 4.92. The molecule has 2 nitrogen and oxygen atoms in total. The maximum absolute atomic E-state index is 13.1. The predicted octanol–water partition coefficient (Wildman–Crippen LogP) is 4.70. The molecule has 0 saturated heterocycles. The topological polar surface area (TPSA) is 29.1 Å². The van der Waals surface area contributed by atoms with Crippen LogP contribution in [0.5, 0.6) is 0 Å². The van der Waals surface area contributed by atoms with Gasteiger partial charge in [-0.05, 0) is 48.7 Å². The van der Waals surface area contributed by atoms with E-state index in [4.69, 9.17) is 0 Å². The second-order valence-electron chi connectivity index (χ2n) is 5.29. The fourth-order valence-corrected chi connectivity index (χ4v) is 3.73. The fourth-order valence-electron chi connectivity index (χ4n) is 2.09. The normalized spacial score (nSPS) is 15.4. The summed E-state index contributed by atoms with van der Waals surface area (Å²) < 4.78 is 14.1. The Balaban J connectivity index is 1.84. The van der Waals surface area contributed by atoms with Crippen molar-refractivity contribution in [3.05, 3.63) is 64.4 Å². The van der Waals surface area contributed by atoms with Gasteiger partial charge in [-0.15, -0.1) is 11.8 Å². The third-order valence-corrected chi connectivity index (χ3v) is 5.13. The van der Waals surface area contributed by atoms with E-state index in [-0.39, 0.29) is 17.0 Å². The third kappa shape index (κ3) is 4.11. The van der Waals surface area contributed by atoms with Crippen LogP contribution in [0.2, 0.25) is 0 Å². The van der Waals surface area contributed by atoms with Crippen LogP contribution in [0.25, 0.3) is 0 Å². The van der Waals surface area contributed by atoms with Gasteiger partial charge in [-0.25, -0.2) is 4.39 Å². The van der Waals surface area contributed by atoms with Gasteiger partial charge in [0.1, 0.15) is 11.1 Å². The summed E-state index contributed by atoms with van der Waals surface area (Å²) in [7, 11) is 0. The predicted molar refractivity (Wildman–Crippen MR) is 90.3 cm³/mol. The molecule has 0 aromatic heterocycles. The van der Waals surface area contributed by atoms with Gasteiger partial charge >= 0.3 is 0 Å². The smallest absolute Gasteiger partial charge is 0.238 e. The molecule has 22 heavy (non-hydrogen) atoms. The Bertz CT molecular complexity index is 673. The standard InChI is InChI=1S/C17H15BrFNOS/c18-12-2-1-3-15(10-12)22-16(17(21)20-14-8-9-14)11-4-6-13(19)7-5-11/h1-7,10,14,16H,8-9H2,(H,20,21). The first kappa shape index (κ1) is 15.6. The average molecular weight is 380 g/mol. The summed E-state index contributed by atoms with van der Waals surface area (Å²) in [6.45, 7) is 0. The number of hydrogen-bond donors (Lipinski definition) is 1. The van der Waals surface area contributed by atoms with E-state index in [9.17, 15) is 9.18 Å². The second-order valence-corrected chi connectivity index (χ2v) is 7.38. The van der Waals surface area contributed by atoms with E-state index >= 15 is 0 Å². The van der Waals surface area contributed by atoms with Crippen molar-refractivity contribution in [1.82, 2.24) is 5.32 Å². The van der Waals surface area contributed by atoms with Crippen LogP contribution in [-0.2, 0) is 4.79 Å². The van der Waals surface area contributed by atoms with Gasteiger partial charge in [-0.3, -0.25) is 4.79 Å². The SMILES string of the molecule is O=C(NC1CC1)C(Sc1cccc(Br)c1)c1ccc(F)cc1. The Hall–Kier alpha value is -1.33. The van der Waals surface area contributed by atoms with Gasteiger partial charge < -0.3 is 5.32 Å². The van der Waals surface area contributed by atoms with E-state index in [1.54, 1.807) is 12.1 Å². The number of carbonyl (C=O) groups excluding carboxylic acids is 1. The van der Waals surface area contributed by atoms with Crippen LogP contribution in [0, 0.1) is 5.82 Å². The highest BCUT2D eigenvalue weighted by Gasteiger charge is 2.29. The maximum atomic E-state index is 13.1. The molecule has 0 spiro atoms. The van der Waals surface area contributed by atoms with Crippen molar-refractivity contribution in [3.8, 4) is 0 Å².